The Kier molecular flexibility index (Phi) is 7.13. The summed E-state index contributed by atoms with van der Waals surface area (Å²) in [5.41, 5.74) is 0.751. The molecule has 0 bridgehead atoms. The molecule has 2 N–H and O–H groups in total. The molecule has 0 fully saturated rings. The van der Waals surface area contributed by atoms with Crippen molar-refractivity contribution in [3.63, 3.8) is 0 Å². The molecule has 20 heavy (non-hydrogen) atoms. The van der Waals surface area contributed by atoms with E-state index < -0.39 is 0 Å². The van der Waals surface area contributed by atoms with E-state index >= 15 is 0 Å². The van der Waals surface area contributed by atoms with Crippen molar-refractivity contribution in [2.45, 2.75) is 33.4 Å². The number of aromatic hydroxyl groups is 1. The first-order chi connectivity index (χ1) is 9.51. The summed E-state index contributed by atoms with van der Waals surface area (Å²) in [6, 6.07) is 3.70. The second-order valence-corrected chi connectivity index (χ2v) is 5.32. The first-order valence-corrected chi connectivity index (χ1v) is 7.40. The number of phenolic OH excluding ortho intramolecular Hbond substituents is 1. The molecule has 1 unspecified atom stereocenters. The van der Waals surface area contributed by atoms with Gasteiger partial charge in [0.05, 0.1) is 7.11 Å². The lowest BCUT2D eigenvalue weighted by molar-refractivity contribution is 0.270. The minimum absolute atomic E-state index is 0.152. The smallest absolute Gasteiger partial charge is 0.162 e. The fourth-order valence-electron chi connectivity index (χ4n) is 2.14. The van der Waals surface area contributed by atoms with Gasteiger partial charge in [-0.15, -0.1) is 0 Å². The Morgan fingerprint density at radius 3 is 2.55 bits per heavy atom. The van der Waals surface area contributed by atoms with E-state index in [1.807, 2.05) is 0 Å². The summed E-state index contributed by atoms with van der Waals surface area (Å²) in [4.78, 5) is 2.36. The summed E-state index contributed by atoms with van der Waals surface area (Å²) in [6.45, 7) is 10.1. The normalized spacial score (nSPS) is 12.7. The first kappa shape index (κ1) is 17.1. The molecule has 0 aliphatic heterocycles. The molecule has 4 nitrogen and oxygen atoms in total. The average molecular weight is 301 g/mol. The highest BCUT2D eigenvalue weighted by molar-refractivity contribution is 6.30. The van der Waals surface area contributed by atoms with Crippen LogP contribution in [0.15, 0.2) is 12.1 Å². The topological polar surface area (TPSA) is 44.7 Å². The quantitative estimate of drug-likeness (QED) is 0.775. The first-order valence-electron chi connectivity index (χ1n) is 7.02. The zero-order valence-electron chi connectivity index (χ0n) is 12.7. The Hall–Kier alpha value is -0.970. The molecular formula is C15H25ClN2O2. The van der Waals surface area contributed by atoms with Gasteiger partial charge in [0, 0.05) is 35.8 Å². The molecule has 0 saturated heterocycles. The molecular weight excluding hydrogens is 276 g/mol. The molecule has 1 aromatic carbocycles. The van der Waals surface area contributed by atoms with Gasteiger partial charge in [0.25, 0.3) is 0 Å². The molecule has 1 atom stereocenters. The van der Waals surface area contributed by atoms with Crippen LogP contribution in [-0.4, -0.2) is 42.8 Å². The molecule has 0 saturated carbocycles. The van der Waals surface area contributed by atoms with Crippen molar-refractivity contribution in [2.24, 2.45) is 0 Å². The van der Waals surface area contributed by atoms with Gasteiger partial charge < -0.3 is 20.1 Å². The van der Waals surface area contributed by atoms with Crippen LogP contribution < -0.4 is 10.1 Å². The van der Waals surface area contributed by atoms with Crippen molar-refractivity contribution >= 4 is 11.6 Å². The van der Waals surface area contributed by atoms with Gasteiger partial charge in [0.2, 0.25) is 0 Å². The lowest BCUT2D eigenvalue weighted by Crippen LogP contribution is -2.38. The fourth-order valence-corrected chi connectivity index (χ4v) is 2.37. The number of hydrogen-bond acceptors (Lipinski definition) is 4. The van der Waals surface area contributed by atoms with Gasteiger partial charge in [-0.2, -0.15) is 0 Å². The summed E-state index contributed by atoms with van der Waals surface area (Å²) in [7, 11) is 1.52. The van der Waals surface area contributed by atoms with E-state index in [1.54, 1.807) is 12.1 Å². The highest BCUT2D eigenvalue weighted by atomic mass is 35.5. The minimum Gasteiger partial charge on any atom is -0.504 e. The van der Waals surface area contributed by atoms with E-state index in [0.29, 0.717) is 23.4 Å². The van der Waals surface area contributed by atoms with Crippen LogP contribution in [0.5, 0.6) is 11.5 Å². The monoisotopic (exact) mass is 300 g/mol. The van der Waals surface area contributed by atoms with Gasteiger partial charge in [0.15, 0.2) is 11.5 Å². The third-order valence-corrected chi connectivity index (χ3v) is 3.62. The van der Waals surface area contributed by atoms with Crippen LogP contribution in [0.1, 0.15) is 26.3 Å². The van der Waals surface area contributed by atoms with Gasteiger partial charge >= 0.3 is 0 Å². The molecule has 0 spiro atoms. The Morgan fingerprint density at radius 1 is 1.35 bits per heavy atom. The van der Waals surface area contributed by atoms with Gasteiger partial charge in [-0.3, -0.25) is 0 Å². The molecule has 0 radical (unpaired) electrons. The van der Waals surface area contributed by atoms with Crippen molar-refractivity contribution in [2.75, 3.05) is 26.7 Å². The number of nitrogens with zero attached hydrogens (tertiary/aromatic N) is 1. The molecule has 114 valence electrons. The lowest BCUT2D eigenvalue weighted by Gasteiger charge is -2.23. The van der Waals surface area contributed by atoms with Crippen LogP contribution in [0, 0.1) is 0 Å². The highest BCUT2D eigenvalue weighted by Gasteiger charge is 2.12. The second-order valence-electron chi connectivity index (χ2n) is 4.88. The van der Waals surface area contributed by atoms with Gasteiger partial charge in [-0.25, -0.2) is 0 Å². The number of benzene rings is 1. The molecule has 0 aliphatic carbocycles. The SMILES string of the molecule is CCN(CC)CC(C)NCc1cc(Cl)cc(OC)c1O. The Labute approximate surface area is 126 Å². The van der Waals surface area contributed by atoms with Crippen molar-refractivity contribution < 1.29 is 9.84 Å². The Balaban J connectivity index is 2.63. The second kappa shape index (κ2) is 8.35. The molecule has 1 rings (SSSR count). The molecule has 1 aromatic rings. The maximum absolute atomic E-state index is 10.1. The van der Waals surface area contributed by atoms with Crippen LogP contribution in [0.25, 0.3) is 0 Å². The van der Waals surface area contributed by atoms with Crippen LogP contribution in [0.2, 0.25) is 5.02 Å². The summed E-state index contributed by atoms with van der Waals surface area (Å²) in [5.74, 6) is 0.560. The maximum Gasteiger partial charge on any atom is 0.162 e. The predicted molar refractivity (Wildman–Crippen MR) is 83.8 cm³/mol. The van der Waals surface area contributed by atoms with Gasteiger partial charge in [-0.1, -0.05) is 25.4 Å². The van der Waals surface area contributed by atoms with Crippen molar-refractivity contribution in [1.82, 2.24) is 10.2 Å². The Bertz CT molecular complexity index is 423. The zero-order chi connectivity index (χ0) is 15.1. The lowest BCUT2D eigenvalue weighted by atomic mass is 10.1. The largest absolute Gasteiger partial charge is 0.504 e. The summed E-state index contributed by atoms with van der Waals surface area (Å²) < 4.78 is 5.10. The van der Waals surface area contributed by atoms with Crippen LogP contribution >= 0.6 is 11.6 Å². The summed E-state index contributed by atoms with van der Waals surface area (Å²) >= 11 is 6.02. The Morgan fingerprint density at radius 2 is 2.00 bits per heavy atom. The van der Waals surface area contributed by atoms with Gasteiger partial charge in [0.1, 0.15) is 0 Å². The standard InChI is InChI=1S/C15H25ClN2O2/c1-5-18(6-2)10-11(3)17-9-12-7-13(16)8-14(20-4)15(12)19/h7-8,11,17,19H,5-6,9-10H2,1-4H3. The van der Waals surface area contributed by atoms with Crippen molar-refractivity contribution in [3.05, 3.63) is 22.7 Å². The third-order valence-electron chi connectivity index (χ3n) is 3.41. The number of halogens is 1. The number of rotatable bonds is 8. The highest BCUT2D eigenvalue weighted by Crippen LogP contribution is 2.33. The van der Waals surface area contributed by atoms with E-state index in [2.05, 4.69) is 31.0 Å². The molecule has 0 aromatic heterocycles. The van der Waals surface area contributed by atoms with E-state index in [9.17, 15) is 5.11 Å². The van der Waals surface area contributed by atoms with E-state index in [1.165, 1.54) is 7.11 Å². The minimum atomic E-state index is 0.152. The molecule has 0 aliphatic rings. The zero-order valence-corrected chi connectivity index (χ0v) is 13.5. The molecule has 0 heterocycles. The van der Waals surface area contributed by atoms with Gasteiger partial charge in [-0.05, 0) is 26.1 Å². The predicted octanol–water partition coefficient (Wildman–Crippen LogP) is 2.87. The van der Waals surface area contributed by atoms with Crippen LogP contribution in [-0.2, 0) is 6.54 Å². The maximum atomic E-state index is 10.1. The van der Waals surface area contributed by atoms with E-state index in [4.69, 9.17) is 16.3 Å². The average Bonchev–Trinajstić information content (AvgIpc) is 2.45. The molecule has 0 amide bonds. The number of ether oxygens (including phenoxy) is 1. The van der Waals surface area contributed by atoms with E-state index in [0.717, 1.165) is 25.2 Å². The fraction of sp³-hybridized carbons (Fsp3) is 0.600. The number of likely N-dealkylation sites (N-methyl/N-ethyl adjacent to an activating group) is 1. The third kappa shape index (κ3) is 4.85. The van der Waals surface area contributed by atoms with Crippen molar-refractivity contribution in [1.29, 1.82) is 0 Å². The summed E-state index contributed by atoms with van der Waals surface area (Å²) in [6.07, 6.45) is 0. The number of methoxy groups -OCH3 is 1. The van der Waals surface area contributed by atoms with Crippen LogP contribution in [0.3, 0.4) is 0 Å². The van der Waals surface area contributed by atoms with Crippen LogP contribution in [0.4, 0.5) is 0 Å². The van der Waals surface area contributed by atoms with Crippen molar-refractivity contribution in [3.8, 4) is 11.5 Å². The number of hydrogen-bond donors (Lipinski definition) is 2. The molecule has 5 heteroatoms. The number of nitrogens with one attached hydrogen (secondary N) is 1. The van der Waals surface area contributed by atoms with E-state index in [-0.39, 0.29) is 5.75 Å². The number of phenols is 1. The summed E-state index contributed by atoms with van der Waals surface area (Å²) in [5, 5.41) is 14.0.